The Morgan fingerprint density at radius 1 is 1.19 bits per heavy atom. The number of nitrogens with one attached hydrogen (secondary N) is 1. The third-order valence-electron chi connectivity index (χ3n) is 5.31. The Kier molecular flexibility index (Phi) is 5.88. The first-order valence-electron chi connectivity index (χ1n) is 10.3. The van der Waals surface area contributed by atoms with Crippen molar-refractivity contribution in [3.8, 4) is 0 Å². The Morgan fingerprint density at radius 2 is 1.97 bits per heavy atom. The van der Waals surface area contributed by atoms with Crippen molar-refractivity contribution < 1.29 is 9.72 Å². The molecule has 0 saturated heterocycles. The van der Waals surface area contributed by atoms with E-state index in [9.17, 15) is 14.9 Å². The molecule has 2 aromatic carbocycles. The predicted molar refractivity (Wildman–Crippen MR) is 122 cm³/mol. The van der Waals surface area contributed by atoms with E-state index in [1.54, 1.807) is 18.3 Å². The zero-order valence-electron chi connectivity index (χ0n) is 17.2. The highest BCUT2D eigenvalue weighted by molar-refractivity contribution is 6.24. The quantitative estimate of drug-likeness (QED) is 0.331. The molecule has 0 spiro atoms. The molecule has 0 saturated carbocycles. The van der Waals surface area contributed by atoms with Crippen LogP contribution in [0.5, 0.6) is 0 Å². The van der Waals surface area contributed by atoms with Gasteiger partial charge < -0.3 is 4.98 Å². The van der Waals surface area contributed by atoms with Gasteiger partial charge in [-0.1, -0.05) is 31.5 Å². The first-order valence-corrected chi connectivity index (χ1v) is 10.3. The summed E-state index contributed by atoms with van der Waals surface area (Å²) in [6, 6.07) is 14.0. The van der Waals surface area contributed by atoms with Crippen LogP contribution in [0.2, 0.25) is 0 Å². The van der Waals surface area contributed by atoms with Gasteiger partial charge in [0.05, 0.1) is 16.3 Å². The van der Waals surface area contributed by atoms with Gasteiger partial charge in [0.25, 0.3) is 11.6 Å². The molecule has 0 bridgehead atoms. The number of anilines is 1. The average Bonchev–Trinajstić information content (AvgIpc) is 3.33. The van der Waals surface area contributed by atoms with Crippen LogP contribution >= 0.6 is 0 Å². The number of hydrogen-bond donors (Lipinski definition) is 1. The summed E-state index contributed by atoms with van der Waals surface area (Å²) < 4.78 is 0. The van der Waals surface area contributed by atoms with Gasteiger partial charge in [-0.05, 0) is 36.6 Å². The molecule has 158 valence electrons. The van der Waals surface area contributed by atoms with Crippen molar-refractivity contribution in [2.24, 2.45) is 16.0 Å². The molecular formula is C23H23N5O3. The lowest BCUT2D eigenvalue weighted by Crippen LogP contribution is -2.28. The summed E-state index contributed by atoms with van der Waals surface area (Å²) in [5, 5.41) is 17.9. The largest absolute Gasteiger partial charge is 0.361 e. The smallest absolute Gasteiger partial charge is 0.269 e. The Balaban J connectivity index is 1.46. The van der Waals surface area contributed by atoms with Crippen LogP contribution in [-0.4, -0.2) is 34.3 Å². The SMILES string of the molecule is CCCC1=NN(c2ccc([N+](=O)[O-])cc2)C(=O)[C@@H]1C=NCCc1c[nH]c2ccccc12. The monoisotopic (exact) mass is 417 g/mol. The fourth-order valence-electron chi connectivity index (χ4n) is 3.73. The standard InChI is InChI=1S/C23H23N5O3/c1-2-5-22-20(15-24-13-12-16-14-25-21-7-4-3-6-19(16)21)23(29)27(26-22)17-8-10-18(11-9-17)28(30)31/h3-4,6-11,14-15,20,25H,2,5,12-13H2,1H3/t20-/m1/s1. The van der Waals surface area contributed by atoms with E-state index in [4.69, 9.17) is 0 Å². The summed E-state index contributed by atoms with van der Waals surface area (Å²) in [6.07, 6.45) is 6.01. The van der Waals surface area contributed by atoms with Crippen molar-refractivity contribution in [3.63, 3.8) is 0 Å². The van der Waals surface area contributed by atoms with Crippen LogP contribution in [-0.2, 0) is 11.2 Å². The van der Waals surface area contributed by atoms with Crippen molar-refractivity contribution in [2.75, 3.05) is 11.6 Å². The number of aromatic nitrogens is 1. The fourth-order valence-corrected chi connectivity index (χ4v) is 3.73. The summed E-state index contributed by atoms with van der Waals surface area (Å²) in [7, 11) is 0. The normalized spacial score (nSPS) is 16.4. The van der Waals surface area contributed by atoms with Crippen molar-refractivity contribution in [1.29, 1.82) is 0 Å². The van der Waals surface area contributed by atoms with E-state index in [0.29, 0.717) is 18.7 Å². The number of benzene rings is 2. The number of nitro benzene ring substituents is 1. The first kappa shape index (κ1) is 20.5. The van der Waals surface area contributed by atoms with Gasteiger partial charge >= 0.3 is 0 Å². The molecule has 2 heterocycles. The number of non-ortho nitro benzene ring substituents is 1. The van der Waals surface area contributed by atoms with Gasteiger partial charge in [-0.25, -0.2) is 0 Å². The van der Waals surface area contributed by atoms with Crippen LogP contribution in [0.4, 0.5) is 11.4 Å². The van der Waals surface area contributed by atoms with E-state index >= 15 is 0 Å². The highest BCUT2D eigenvalue weighted by atomic mass is 16.6. The number of hydrogen-bond acceptors (Lipinski definition) is 5. The van der Waals surface area contributed by atoms with Gasteiger partial charge in [-0.15, -0.1) is 0 Å². The minimum absolute atomic E-state index is 0.0245. The molecule has 1 N–H and O–H groups in total. The van der Waals surface area contributed by atoms with Crippen molar-refractivity contribution >= 4 is 40.1 Å². The molecule has 1 amide bonds. The number of aromatic amines is 1. The highest BCUT2D eigenvalue weighted by Gasteiger charge is 2.35. The molecule has 0 fully saturated rings. The van der Waals surface area contributed by atoms with Crippen LogP contribution in [0.3, 0.4) is 0 Å². The molecule has 8 heteroatoms. The lowest BCUT2D eigenvalue weighted by molar-refractivity contribution is -0.384. The predicted octanol–water partition coefficient (Wildman–Crippen LogP) is 4.51. The van der Waals surface area contributed by atoms with Gasteiger partial charge in [-0.2, -0.15) is 10.1 Å². The van der Waals surface area contributed by atoms with Crippen LogP contribution < -0.4 is 5.01 Å². The second-order valence-corrected chi connectivity index (χ2v) is 7.41. The summed E-state index contributed by atoms with van der Waals surface area (Å²) in [5.41, 5.74) is 3.55. The summed E-state index contributed by atoms with van der Waals surface area (Å²) in [5.74, 6) is -0.689. The molecule has 0 radical (unpaired) electrons. The van der Waals surface area contributed by atoms with Gasteiger partial charge in [0.15, 0.2) is 0 Å². The lowest BCUT2D eigenvalue weighted by Gasteiger charge is -2.12. The van der Waals surface area contributed by atoms with Gasteiger partial charge in [-0.3, -0.25) is 19.9 Å². The van der Waals surface area contributed by atoms with Gasteiger partial charge in [0, 0.05) is 42.0 Å². The third kappa shape index (κ3) is 4.23. The van der Waals surface area contributed by atoms with E-state index in [2.05, 4.69) is 21.1 Å². The number of para-hydroxylation sites is 1. The maximum atomic E-state index is 13.0. The van der Waals surface area contributed by atoms with Gasteiger partial charge in [0.2, 0.25) is 0 Å². The summed E-state index contributed by atoms with van der Waals surface area (Å²) in [4.78, 5) is 31.2. The number of carbonyl (C=O) groups is 1. The number of H-pyrrole nitrogens is 1. The Bertz CT molecular complexity index is 1160. The molecule has 4 rings (SSSR count). The van der Waals surface area contributed by atoms with Crippen LogP contribution in [0.15, 0.2) is 64.8 Å². The summed E-state index contributed by atoms with van der Waals surface area (Å²) in [6.45, 7) is 2.61. The second kappa shape index (κ2) is 8.91. The summed E-state index contributed by atoms with van der Waals surface area (Å²) >= 11 is 0. The zero-order valence-corrected chi connectivity index (χ0v) is 17.2. The van der Waals surface area contributed by atoms with E-state index in [0.717, 1.165) is 24.1 Å². The maximum Gasteiger partial charge on any atom is 0.269 e. The number of rotatable bonds is 8. The number of nitro groups is 1. The second-order valence-electron chi connectivity index (χ2n) is 7.41. The van der Waals surface area contributed by atoms with E-state index in [1.165, 1.54) is 28.1 Å². The van der Waals surface area contributed by atoms with E-state index < -0.39 is 10.8 Å². The Hall–Kier alpha value is -3.81. The number of carbonyl (C=O) groups excluding carboxylic acids is 1. The van der Waals surface area contributed by atoms with E-state index in [1.807, 2.05) is 31.3 Å². The molecule has 0 aliphatic carbocycles. The molecular weight excluding hydrogens is 394 g/mol. The van der Waals surface area contributed by atoms with Crippen molar-refractivity contribution in [2.45, 2.75) is 26.2 Å². The molecule has 1 atom stereocenters. The average molecular weight is 417 g/mol. The maximum absolute atomic E-state index is 13.0. The number of nitrogens with zero attached hydrogens (tertiary/aromatic N) is 4. The number of hydrazone groups is 1. The third-order valence-corrected chi connectivity index (χ3v) is 5.31. The molecule has 8 nitrogen and oxygen atoms in total. The molecule has 1 aliphatic rings. The molecule has 31 heavy (non-hydrogen) atoms. The minimum atomic E-state index is -0.502. The first-order chi connectivity index (χ1) is 15.1. The number of aliphatic imine (C=N–C) groups is 1. The number of amides is 1. The Labute approximate surface area is 179 Å². The molecule has 1 aromatic heterocycles. The minimum Gasteiger partial charge on any atom is -0.361 e. The topological polar surface area (TPSA) is 104 Å². The van der Waals surface area contributed by atoms with Gasteiger partial charge in [0.1, 0.15) is 5.92 Å². The highest BCUT2D eigenvalue weighted by Crippen LogP contribution is 2.27. The number of fused-ring (bicyclic) bond motifs is 1. The van der Waals surface area contributed by atoms with Crippen LogP contribution in [0.25, 0.3) is 10.9 Å². The fraction of sp³-hybridized carbons (Fsp3) is 0.261. The van der Waals surface area contributed by atoms with Crippen molar-refractivity contribution in [3.05, 3.63) is 70.4 Å². The van der Waals surface area contributed by atoms with E-state index in [-0.39, 0.29) is 11.6 Å². The van der Waals surface area contributed by atoms with Crippen molar-refractivity contribution in [1.82, 2.24) is 4.98 Å². The zero-order chi connectivity index (χ0) is 21.8. The van der Waals surface area contributed by atoms with Crippen LogP contribution in [0.1, 0.15) is 25.3 Å². The molecule has 3 aromatic rings. The van der Waals surface area contributed by atoms with Crippen LogP contribution in [0, 0.1) is 16.0 Å². The molecule has 0 unspecified atom stereocenters. The lowest BCUT2D eigenvalue weighted by atomic mass is 10.0. The Morgan fingerprint density at radius 3 is 2.71 bits per heavy atom. The molecule has 1 aliphatic heterocycles.